The van der Waals surface area contributed by atoms with Crippen LogP contribution in [0.5, 0.6) is 0 Å². The van der Waals surface area contributed by atoms with Crippen LogP contribution in [0.3, 0.4) is 0 Å². The highest BCUT2D eigenvalue weighted by atomic mass is 32.1. The summed E-state index contributed by atoms with van der Waals surface area (Å²) >= 11 is 1.71. The molecule has 20 heavy (non-hydrogen) atoms. The van der Waals surface area contributed by atoms with Crippen molar-refractivity contribution in [2.24, 2.45) is 5.73 Å². The van der Waals surface area contributed by atoms with E-state index in [1.807, 2.05) is 19.1 Å². The van der Waals surface area contributed by atoms with Gasteiger partial charge in [-0.25, -0.2) is 4.98 Å². The largest absolute Gasteiger partial charge is 0.381 e. The third-order valence-corrected chi connectivity index (χ3v) is 4.91. The fraction of sp³-hybridized carbons (Fsp3) is 0.438. The molecule has 108 valence electrons. The van der Waals surface area contributed by atoms with Crippen molar-refractivity contribution in [3.8, 4) is 0 Å². The Morgan fingerprint density at radius 1 is 1.55 bits per heavy atom. The summed E-state index contributed by atoms with van der Waals surface area (Å²) in [5.41, 5.74) is 8.18. The first-order valence-electron chi connectivity index (χ1n) is 6.95. The van der Waals surface area contributed by atoms with Crippen molar-refractivity contribution < 1.29 is 4.74 Å². The number of hydrogen-bond acceptors (Lipinski definition) is 4. The summed E-state index contributed by atoms with van der Waals surface area (Å²) in [5, 5.41) is 3.26. The van der Waals surface area contributed by atoms with Crippen LogP contribution in [0, 0.1) is 0 Å². The SMILES string of the molecule is C=C/C=C\C(=C/C)c1csc(C2(CN)CCOCC2)n1. The zero-order chi connectivity index (χ0) is 14.4. The second-order valence-corrected chi connectivity index (χ2v) is 5.83. The maximum absolute atomic E-state index is 6.04. The maximum atomic E-state index is 6.04. The summed E-state index contributed by atoms with van der Waals surface area (Å²) in [4.78, 5) is 4.83. The van der Waals surface area contributed by atoms with Gasteiger partial charge in [-0.3, -0.25) is 0 Å². The zero-order valence-corrected chi connectivity index (χ0v) is 12.8. The number of nitrogens with two attached hydrogens (primary N) is 1. The standard InChI is InChI=1S/C16H22N2OS/c1-3-5-6-13(4-2)14-11-20-15(18-14)16(12-17)7-9-19-10-8-16/h3-6,11H,1,7-10,12,17H2,2H3/b6-5-,13-4+. The number of thiazole rings is 1. The third-order valence-electron chi connectivity index (χ3n) is 3.82. The molecule has 0 aromatic carbocycles. The van der Waals surface area contributed by atoms with E-state index in [2.05, 4.69) is 18.0 Å². The summed E-state index contributed by atoms with van der Waals surface area (Å²) < 4.78 is 5.46. The Labute approximate surface area is 124 Å². The minimum absolute atomic E-state index is 0.00215. The van der Waals surface area contributed by atoms with Gasteiger partial charge >= 0.3 is 0 Å². The second kappa shape index (κ2) is 6.97. The smallest absolute Gasteiger partial charge is 0.101 e. The Bertz CT molecular complexity index is 510. The van der Waals surface area contributed by atoms with E-state index in [0.29, 0.717) is 6.54 Å². The van der Waals surface area contributed by atoms with Gasteiger partial charge in [0.25, 0.3) is 0 Å². The number of hydrogen-bond donors (Lipinski definition) is 1. The number of rotatable bonds is 5. The molecule has 0 saturated carbocycles. The van der Waals surface area contributed by atoms with Crippen molar-refractivity contribution in [1.29, 1.82) is 0 Å². The molecule has 1 fully saturated rings. The Morgan fingerprint density at radius 3 is 2.90 bits per heavy atom. The Morgan fingerprint density at radius 2 is 2.30 bits per heavy atom. The lowest BCUT2D eigenvalue weighted by atomic mass is 9.81. The predicted molar refractivity (Wildman–Crippen MR) is 85.9 cm³/mol. The van der Waals surface area contributed by atoms with Gasteiger partial charge in [-0.1, -0.05) is 30.9 Å². The highest BCUT2D eigenvalue weighted by Gasteiger charge is 2.35. The van der Waals surface area contributed by atoms with E-state index in [-0.39, 0.29) is 5.41 Å². The fourth-order valence-electron chi connectivity index (χ4n) is 2.42. The summed E-state index contributed by atoms with van der Waals surface area (Å²) in [5.74, 6) is 0. The molecule has 0 spiro atoms. The van der Waals surface area contributed by atoms with Gasteiger partial charge in [-0.05, 0) is 25.3 Å². The Balaban J connectivity index is 2.27. The van der Waals surface area contributed by atoms with Gasteiger partial charge < -0.3 is 10.5 Å². The molecule has 1 aromatic heterocycles. The average molecular weight is 290 g/mol. The van der Waals surface area contributed by atoms with Gasteiger partial charge in [-0.2, -0.15) is 0 Å². The Hall–Kier alpha value is -1.23. The molecule has 0 bridgehead atoms. The van der Waals surface area contributed by atoms with Crippen LogP contribution in [-0.4, -0.2) is 24.7 Å². The zero-order valence-electron chi connectivity index (χ0n) is 12.0. The molecule has 1 aromatic rings. The van der Waals surface area contributed by atoms with Crippen molar-refractivity contribution in [2.75, 3.05) is 19.8 Å². The van der Waals surface area contributed by atoms with Crippen LogP contribution >= 0.6 is 11.3 Å². The van der Waals surface area contributed by atoms with Gasteiger partial charge in [0.05, 0.1) is 5.69 Å². The lowest BCUT2D eigenvalue weighted by molar-refractivity contribution is 0.0528. The van der Waals surface area contributed by atoms with Crippen LogP contribution in [0.1, 0.15) is 30.5 Å². The molecule has 0 radical (unpaired) electrons. The number of allylic oxidation sites excluding steroid dienone is 5. The second-order valence-electron chi connectivity index (χ2n) is 4.97. The average Bonchev–Trinajstić information content (AvgIpc) is 2.99. The number of aromatic nitrogens is 1. The quantitative estimate of drug-likeness (QED) is 0.846. The summed E-state index contributed by atoms with van der Waals surface area (Å²) in [6.07, 6.45) is 9.73. The monoisotopic (exact) mass is 290 g/mol. The molecule has 2 rings (SSSR count). The van der Waals surface area contributed by atoms with E-state index in [4.69, 9.17) is 15.5 Å². The normalized spacial score (nSPS) is 19.4. The van der Waals surface area contributed by atoms with Gasteiger partial charge in [0.1, 0.15) is 5.01 Å². The molecule has 3 nitrogen and oxygen atoms in total. The van der Waals surface area contributed by atoms with Gasteiger partial charge in [0, 0.05) is 30.6 Å². The molecule has 0 unspecified atom stereocenters. The van der Waals surface area contributed by atoms with E-state index in [1.165, 1.54) is 0 Å². The van der Waals surface area contributed by atoms with Gasteiger partial charge in [0.15, 0.2) is 0 Å². The van der Waals surface area contributed by atoms with Crippen LogP contribution in [-0.2, 0) is 10.2 Å². The van der Waals surface area contributed by atoms with Crippen LogP contribution < -0.4 is 5.73 Å². The number of ether oxygens (including phenoxy) is 1. The highest BCUT2D eigenvalue weighted by molar-refractivity contribution is 7.10. The summed E-state index contributed by atoms with van der Waals surface area (Å²) in [6, 6.07) is 0. The van der Waals surface area contributed by atoms with Crippen molar-refractivity contribution in [1.82, 2.24) is 4.98 Å². The van der Waals surface area contributed by atoms with E-state index < -0.39 is 0 Å². The van der Waals surface area contributed by atoms with Crippen LogP contribution in [0.25, 0.3) is 5.57 Å². The molecule has 4 heteroatoms. The van der Waals surface area contributed by atoms with Crippen molar-refractivity contribution >= 4 is 16.9 Å². The molecule has 0 aliphatic carbocycles. The summed E-state index contributed by atoms with van der Waals surface area (Å²) in [6.45, 7) is 7.91. The van der Waals surface area contributed by atoms with E-state index in [0.717, 1.165) is 42.3 Å². The van der Waals surface area contributed by atoms with E-state index in [9.17, 15) is 0 Å². The maximum Gasteiger partial charge on any atom is 0.101 e. The molecule has 1 aliphatic heterocycles. The van der Waals surface area contributed by atoms with Crippen LogP contribution in [0.2, 0.25) is 0 Å². The van der Waals surface area contributed by atoms with Crippen LogP contribution in [0.4, 0.5) is 0 Å². The van der Waals surface area contributed by atoms with Crippen molar-refractivity contribution in [2.45, 2.75) is 25.2 Å². The van der Waals surface area contributed by atoms with E-state index >= 15 is 0 Å². The number of nitrogens with zero attached hydrogens (tertiary/aromatic N) is 1. The van der Waals surface area contributed by atoms with Crippen LogP contribution in [0.15, 0.2) is 36.3 Å². The lowest BCUT2D eigenvalue weighted by Crippen LogP contribution is -2.40. The first-order valence-corrected chi connectivity index (χ1v) is 7.83. The van der Waals surface area contributed by atoms with Gasteiger partial charge in [-0.15, -0.1) is 11.3 Å². The van der Waals surface area contributed by atoms with Gasteiger partial charge in [0.2, 0.25) is 0 Å². The molecule has 2 N–H and O–H groups in total. The molecule has 0 amide bonds. The molecule has 0 atom stereocenters. The summed E-state index contributed by atoms with van der Waals surface area (Å²) in [7, 11) is 0. The molecule has 1 aliphatic rings. The fourth-order valence-corrected chi connectivity index (χ4v) is 3.52. The topological polar surface area (TPSA) is 48.1 Å². The molecular weight excluding hydrogens is 268 g/mol. The molecule has 1 saturated heterocycles. The predicted octanol–water partition coefficient (Wildman–Crippen LogP) is 3.30. The first-order chi connectivity index (χ1) is 9.75. The first kappa shape index (κ1) is 15.2. The molecular formula is C16H22N2OS. The third kappa shape index (κ3) is 3.08. The minimum atomic E-state index is 0.00215. The lowest BCUT2D eigenvalue weighted by Gasteiger charge is -2.34. The molecule has 2 heterocycles. The van der Waals surface area contributed by atoms with Crippen molar-refractivity contribution in [3.63, 3.8) is 0 Å². The van der Waals surface area contributed by atoms with Crippen molar-refractivity contribution in [3.05, 3.63) is 47.0 Å². The minimum Gasteiger partial charge on any atom is -0.381 e. The Kier molecular flexibility index (Phi) is 5.29. The highest BCUT2D eigenvalue weighted by Crippen LogP contribution is 2.36. The van der Waals surface area contributed by atoms with E-state index in [1.54, 1.807) is 17.4 Å².